The molecular weight excluding hydrogens is 831 g/mol. The molecule has 4 aliphatic rings. The van der Waals surface area contributed by atoms with Gasteiger partial charge in [0.05, 0.1) is 17.6 Å². The van der Waals surface area contributed by atoms with Gasteiger partial charge in [0.2, 0.25) is 18.2 Å². The molecule has 2 N–H and O–H groups in total. The summed E-state index contributed by atoms with van der Waals surface area (Å²) in [5.74, 6) is 1.13. The van der Waals surface area contributed by atoms with E-state index in [0.29, 0.717) is 47.8 Å². The number of imide groups is 1. The topological polar surface area (TPSA) is 144 Å². The first-order valence-corrected chi connectivity index (χ1v) is 22.7. The van der Waals surface area contributed by atoms with Crippen molar-refractivity contribution in [3.05, 3.63) is 77.0 Å². The number of piperazine rings is 1. The van der Waals surface area contributed by atoms with Crippen molar-refractivity contribution in [1.82, 2.24) is 30.1 Å². The molecule has 2 atom stereocenters. The molecule has 65 heavy (non-hydrogen) atoms. The van der Waals surface area contributed by atoms with Crippen molar-refractivity contribution in [2.75, 3.05) is 62.2 Å². The van der Waals surface area contributed by atoms with Gasteiger partial charge < -0.3 is 24.5 Å². The number of halogens is 2. The Bertz CT molecular complexity index is 2730. The molecule has 4 fully saturated rings. The van der Waals surface area contributed by atoms with Crippen molar-refractivity contribution in [1.29, 1.82) is 0 Å². The number of anilines is 2. The number of nitrogens with one attached hydrogen (secondary N) is 1. The van der Waals surface area contributed by atoms with E-state index in [-0.39, 0.29) is 69.6 Å². The predicted octanol–water partition coefficient (Wildman–Crippen LogP) is 6.91. The normalized spacial score (nSPS) is 20.2. The lowest BCUT2D eigenvalue weighted by Crippen LogP contribution is -2.52. The highest BCUT2D eigenvalue weighted by Crippen LogP contribution is 2.47. The number of terminal acetylenes is 1. The lowest BCUT2D eigenvalue weighted by Gasteiger charge is -2.37. The van der Waals surface area contributed by atoms with E-state index in [2.05, 4.69) is 62.7 Å². The summed E-state index contributed by atoms with van der Waals surface area (Å²) >= 11 is 0. The number of fused-ring (bicyclic) bond motifs is 2. The number of hydrogen-bond acceptors (Lipinski definition) is 11. The maximum atomic E-state index is 17.1. The largest absolute Gasteiger partial charge is 0.508 e. The Morgan fingerprint density at radius 2 is 1.85 bits per heavy atom. The average molecular weight is 885 g/mol. The first-order valence-electron chi connectivity index (χ1n) is 22.7. The molecule has 3 amide bonds. The molecule has 338 valence electrons. The third-order valence-electron chi connectivity index (χ3n) is 13.6. The molecule has 2 unspecified atom stereocenters. The first kappa shape index (κ1) is 44.0. The molecule has 3 saturated heterocycles. The fourth-order valence-corrected chi connectivity index (χ4v) is 10.1. The summed E-state index contributed by atoms with van der Waals surface area (Å²) in [5, 5.41) is 14.2. The Morgan fingerprint density at radius 1 is 1.06 bits per heavy atom. The number of carbonyl (C=O) groups is 3. The Morgan fingerprint density at radius 3 is 2.55 bits per heavy atom. The Balaban J connectivity index is 0.919. The molecule has 0 radical (unpaired) electrons. The SMILES string of the molecule is C#Cc1c(F)ccc2cc(O)cc(-c3ncc4c(N5CCCC(C)C5)nc(OCC5(CN6CCN(Cc7cccc(N(C=O)C8CCC(=O)NC8=O)c7C(C)C)CC6)CC5)nc4c3F)c12. The summed E-state index contributed by atoms with van der Waals surface area (Å²) in [4.78, 5) is 59.7. The number of nitrogens with zero attached hydrogens (tertiary/aromatic N) is 7. The lowest BCUT2D eigenvalue weighted by molar-refractivity contribution is -0.134. The standard InChI is InChI=1S/C50H54F2N8O5/c1-5-35-38(51)12-11-32-22-34(62)23-36(43(32)35)45-44(52)46-37(24-53-45)47(59-17-7-8-31(4)25-59)56-49(55-46)65-28-50(15-16-50)27-58-20-18-57(19-21-58)26-33-9-6-10-39(42(33)30(2)3)60(29-61)40-13-14-41(63)54-48(40)64/h1,6,9-12,22-24,29-31,40,62H,7-8,13-21,25-28H2,2-4H3,(H,54,63,64). The smallest absolute Gasteiger partial charge is 0.319 e. The fraction of sp³-hybridized carbons (Fsp3) is 0.440. The van der Waals surface area contributed by atoms with E-state index in [1.165, 1.54) is 29.2 Å². The molecule has 5 heterocycles. The number of rotatable bonds is 13. The van der Waals surface area contributed by atoms with E-state index in [1.54, 1.807) is 6.20 Å². The molecule has 3 aliphatic heterocycles. The summed E-state index contributed by atoms with van der Waals surface area (Å²) in [6.07, 6.45) is 12.4. The van der Waals surface area contributed by atoms with Gasteiger partial charge >= 0.3 is 6.01 Å². The maximum absolute atomic E-state index is 17.1. The van der Waals surface area contributed by atoms with Crippen LogP contribution in [0.4, 0.5) is 20.3 Å². The molecule has 5 aromatic rings. The van der Waals surface area contributed by atoms with Crippen LogP contribution in [0.15, 0.2) is 48.7 Å². The second-order valence-corrected chi connectivity index (χ2v) is 18.7. The van der Waals surface area contributed by atoms with E-state index < -0.39 is 23.6 Å². The van der Waals surface area contributed by atoms with Crippen LogP contribution >= 0.6 is 0 Å². The van der Waals surface area contributed by atoms with Gasteiger partial charge in [-0.25, -0.2) is 8.78 Å². The van der Waals surface area contributed by atoms with Gasteiger partial charge in [0.25, 0.3) is 0 Å². The van der Waals surface area contributed by atoms with E-state index in [1.807, 2.05) is 12.1 Å². The number of aromatic nitrogens is 3. The molecule has 15 heteroatoms. The minimum Gasteiger partial charge on any atom is -0.508 e. The van der Waals surface area contributed by atoms with E-state index in [4.69, 9.17) is 16.1 Å². The van der Waals surface area contributed by atoms with Crippen LogP contribution in [-0.4, -0.2) is 107 Å². The van der Waals surface area contributed by atoms with Crippen molar-refractivity contribution in [2.24, 2.45) is 11.3 Å². The number of carbonyl (C=O) groups excluding carboxylic acids is 3. The number of phenolic OH excluding ortho intramolecular Hbond substituents is 1. The van der Waals surface area contributed by atoms with Gasteiger partial charge in [-0.05, 0) is 84.7 Å². The first-order chi connectivity index (χ1) is 31.3. The zero-order valence-corrected chi connectivity index (χ0v) is 37.1. The van der Waals surface area contributed by atoms with Crippen LogP contribution in [0, 0.1) is 35.3 Å². The molecule has 0 bridgehead atoms. The fourth-order valence-electron chi connectivity index (χ4n) is 10.1. The maximum Gasteiger partial charge on any atom is 0.319 e. The Labute approximate surface area is 377 Å². The van der Waals surface area contributed by atoms with Crippen molar-refractivity contribution >= 4 is 51.4 Å². The monoisotopic (exact) mass is 884 g/mol. The van der Waals surface area contributed by atoms with Crippen molar-refractivity contribution in [3.8, 4) is 35.4 Å². The third kappa shape index (κ3) is 8.81. The number of piperidine rings is 2. The quantitative estimate of drug-likeness (QED) is 0.0723. The van der Waals surface area contributed by atoms with Gasteiger partial charge in [0.15, 0.2) is 5.82 Å². The minimum atomic E-state index is -0.748. The van der Waals surface area contributed by atoms with Crippen LogP contribution in [-0.2, 0) is 20.9 Å². The van der Waals surface area contributed by atoms with E-state index in [9.17, 15) is 19.5 Å². The van der Waals surface area contributed by atoms with Crippen LogP contribution in [0.2, 0.25) is 0 Å². The molecule has 0 spiro atoms. The number of hydrogen-bond donors (Lipinski definition) is 2. The van der Waals surface area contributed by atoms with Crippen LogP contribution in [0.25, 0.3) is 32.9 Å². The zero-order valence-electron chi connectivity index (χ0n) is 37.1. The highest BCUT2D eigenvalue weighted by Gasteiger charge is 2.45. The van der Waals surface area contributed by atoms with Gasteiger partial charge in [-0.15, -0.1) is 6.42 Å². The molecule has 1 aliphatic carbocycles. The highest BCUT2D eigenvalue weighted by molar-refractivity contribution is 6.05. The molecule has 9 rings (SSSR count). The summed E-state index contributed by atoms with van der Waals surface area (Å²) in [7, 11) is 0. The van der Waals surface area contributed by atoms with Crippen LogP contribution < -0.4 is 19.9 Å². The number of aromatic hydroxyl groups is 1. The average Bonchev–Trinajstić information content (AvgIpc) is 4.06. The molecule has 1 saturated carbocycles. The van der Waals surface area contributed by atoms with Gasteiger partial charge in [0.1, 0.15) is 34.6 Å². The second-order valence-electron chi connectivity index (χ2n) is 18.7. The van der Waals surface area contributed by atoms with Crippen molar-refractivity contribution in [2.45, 2.75) is 77.8 Å². The van der Waals surface area contributed by atoms with Crippen molar-refractivity contribution < 1.29 is 33.0 Å². The molecule has 3 aromatic carbocycles. The van der Waals surface area contributed by atoms with Gasteiger partial charge in [-0.1, -0.05) is 44.9 Å². The lowest BCUT2D eigenvalue weighted by atomic mass is 9.92. The zero-order chi connectivity index (χ0) is 45.6. The van der Waals surface area contributed by atoms with Gasteiger partial charge in [-0.3, -0.25) is 29.6 Å². The van der Waals surface area contributed by atoms with E-state index in [0.717, 1.165) is 82.6 Å². The summed E-state index contributed by atoms with van der Waals surface area (Å²) < 4.78 is 38.5. The van der Waals surface area contributed by atoms with Gasteiger partial charge in [0, 0.05) is 87.0 Å². The number of pyridine rings is 1. The van der Waals surface area contributed by atoms with Crippen molar-refractivity contribution in [3.63, 3.8) is 0 Å². The Hall–Kier alpha value is -6.24. The summed E-state index contributed by atoms with van der Waals surface area (Å²) in [6, 6.07) is 10.8. The number of ether oxygens (including phenoxy) is 1. The third-order valence-corrected chi connectivity index (χ3v) is 13.6. The number of benzene rings is 3. The van der Waals surface area contributed by atoms with Gasteiger partial charge in [-0.2, -0.15) is 9.97 Å². The Kier molecular flexibility index (Phi) is 12.2. The molecular formula is C50H54F2N8O5. The highest BCUT2D eigenvalue weighted by atomic mass is 19.1. The predicted molar refractivity (Wildman–Crippen MR) is 245 cm³/mol. The molecule has 2 aromatic heterocycles. The van der Waals surface area contributed by atoms with E-state index >= 15 is 8.78 Å². The number of amides is 3. The minimum absolute atomic E-state index is 0.0188. The van der Waals surface area contributed by atoms with Crippen LogP contribution in [0.1, 0.15) is 81.9 Å². The summed E-state index contributed by atoms with van der Waals surface area (Å²) in [6.45, 7) is 13.1. The van der Waals surface area contributed by atoms with Crippen LogP contribution in [0.3, 0.4) is 0 Å². The second kappa shape index (κ2) is 18.0. The number of phenols is 1. The molecule has 13 nitrogen and oxygen atoms in total. The van der Waals surface area contributed by atoms with Crippen LogP contribution in [0.5, 0.6) is 11.8 Å². The summed E-state index contributed by atoms with van der Waals surface area (Å²) in [5.41, 5.74) is 2.72.